The van der Waals surface area contributed by atoms with Crippen molar-refractivity contribution in [1.82, 2.24) is 0 Å². The Labute approximate surface area is 180 Å². The number of carbonyl (C=O) groups is 1. The minimum atomic E-state index is -3.53. The first-order chi connectivity index (χ1) is 14.3. The third kappa shape index (κ3) is 4.20. The number of amides is 1. The Bertz CT molecular complexity index is 1240. The number of aryl methyl sites for hydroxylation is 2. The highest BCUT2D eigenvalue weighted by atomic mass is 32.2. The molecule has 3 aromatic carbocycles. The zero-order chi connectivity index (χ0) is 21.3. The van der Waals surface area contributed by atoms with Gasteiger partial charge >= 0.3 is 0 Å². The minimum Gasteiger partial charge on any atom is -0.320 e. The van der Waals surface area contributed by atoms with Gasteiger partial charge in [0.1, 0.15) is 0 Å². The summed E-state index contributed by atoms with van der Waals surface area (Å²) >= 11 is 1.29. The summed E-state index contributed by atoms with van der Waals surface area (Å²) in [5, 5.41) is 2.85. The highest BCUT2D eigenvalue weighted by Crippen LogP contribution is 2.40. The van der Waals surface area contributed by atoms with E-state index in [0.29, 0.717) is 10.6 Å². The molecule has 0 atom stereocenters. The molecule has 0 aromatic heterocycles. The summed E-state index contributed by atoms with van der Waals surface area (Å²) in [4.78, 5) is 13.9. The van der Waals surface area contributed by atoms with Crippen molar-refractivity contribution >= 4 is 39.3 Å². The van der Waals surface area contributed by atoms with E-state index in [0.717, 1.165) is 27.1 Å². The molecule has 1 aliphatic rings. The highest BCUT2D eigenvalue weighted by molar-refractivity contribution is 8.04. The predicted molar refractivity (Wildman–Crippen MR) is 122 cm³/mol. The van der Waals surface area contributed by atoms with Crippen LogP contribution in [0.2, 0.25) is 0 Å². The van der Waals surface area contributed by atoms with Crippen LogP contribution >= 0.6 is 11.8 Å². The lowest BCUT2D eigenvalue weighted by atomic mass is 10.1. The lowest BCUT2D eigenvalue weighted by Gasteiger charge is -2.20. The second-order valence-corrected chi connectivity index (χ2v) is 10.3. The van der Waals surface area contributed by atoms with Crippen LogP contribution in [0.15, 0.2) is 81.4 Å². The Morgan fingerprint density at radius 1 is 0.933 bits per heavy atom. The van der Waals surface area contributed by atoms with Crippen LogP contribution < -0.4 is 5.32 Å². The lowest BCUT2D eigenvalue weighted by Crippen LogP contribution is -2.17. The van der Waals surface area contributed by atoms with Crippen molar-refractivity contribution in [3.8, 4) is 0 Å². The number of fused-ring (bicyclic) bond motifs is 1. The normalized spacial score (nSPS) is 15.0. The number of benzene rings is 3. The maximum Gasteiger partial charge on any atom is 0.262 e. The van der Waals surface area contributed by atoms with Crippen molar-refractivity contribution < 1.29 is 13.2 Å². The zero-order valence-electron chi connectivity index (χ0n) is 16.7. The van der Waals surface area contributed by atoms with Gasteiger partial charge in [-0.05, 0) is 60.4 Å². The third-order valence-corrected chi connectivity index (χ3v) is 7.80. The fourth-order valence-electron chi connectivity index (χ4n) is 3.38. The van der Waals surface area contributed by atoms with Gasteiger partial charge in [0.2, 0.25) is 0 Å². The quantitative estimate of drug-likeness (QED) is 0.560. The fraction of sp³-hybridized carbons (Fsp3) is 0.125. The number of carbonyl (C=O) groups excluding carboxylic acids is 1. The number of rotatable bonds is 4. The molecule has 1 heterocycles. The van der Waals surface area contributed by atoms with Crippen molar-refractivity contribution in [2.45, 2.75) is 29.4 Å². The molecule has 152 valence electrons. The number of anilines is 1. The predicted octanol–water partition coefficient (Wildman–Crippen LogP) is 5.36. The Morgan fingerprint density at radius 2 is 1.63 bits per heavy atom. The van der Waals surface area contributed by atoms with E-state index < -0.39 is 9.84 Å². The van der Waals surface area contributed by atoms with Gasteiger partial charge in [-0.2, -0.15) is 0 Å². The molecule has 0 radical (unpaired) electrons. The maximum absolute atomic E-state index is 13.1. The molecule has 1 amide bonds. The molecular weight excluding hydrogens is 414 g/mol. The topological polar surface area (TPSA) is 63.2 Å². The van der Waals surface area contributed by atoms with Gasteiger partial charge in [0.15, 0.2) is 9.84 Å². The first-order valence-corrected chi connectivity index (χ1v) is 12.0. The van der Waals surface area contributed by atoms with E-state index in [9.17, 15) is 13.2 Å². The molecule has 30 heavy (non-hydrogen) atoms. The van der Waals surface area contributed by atoms with Crippen molar-refractivity contribution in [2.75, 3.05) is 5.32 Å². The summed E-state index contributed by atoms with van der Waals surface area (Å²) in [6.07, 6.45) is 1.81. The fourth-order valence-corrected chi connectivity index (χ4v) is 6.02. The largest absolute Gasteiger partial charge is 0.320 e. The molecule has 0 unspecified atom stereocenters. The SMILES string of the molecule is Cc1cccc(C)c1CS(=O)(=O)c1ccc2c(c1)S/C(=C\c1ccccc1)C(=O)N2. The van der Waals surface area contributed by atoms with Crippen LogP contribution in [0.3, 0.4) is 0 Å². The average molecular weight is 436 g/mol. The molecule has 0 saturated carbocycles. The van der Waals surface area contributed by atoms with Crippen LogP contribution in [-0.2, 0) is 20.4 Å². The molecule has 0 aliphatic carbocycles. The average Bonchev–Trinajstić information content (AvgIpc) is 2.72. The van der Waals surface area contributed by atoms with Gasteiger partial charge in [-0.1, -0.05) is 60.3 Å². The number of sulfone groups is 1. The summed E-state index contributed by atoms with van der Waals surface area (Å²) in [6, 6.07) is 20.2. The number of hydrogen-bond donors (Lipinski definition) is 1. The van der Waals surface area contributed by atoms with Gasteiger partial charge in [0, 0.05) is 4.90 Å². The van der Waals surface area contributed by atoms with Crippen molar-refractivity contribution in [1.29, 1.82) is 0 Å². The van der Waals surface area contributed by atoms with E-state index in [-0.39, 0.29) is 16.6 Å². The summed E-state index contributed by atoms with van der Waals surface area (Å²) in [6.45, 7) is 3.85. The summed E-state index contributed by atoms with van der Waals surface area (Å²) in [5.74, 6) is -0.240. The molecule has 0 bridgehead atoms. The van der Waals surface area contributed by atoms with Crippen molar-refractivity contribution in [3.05, 3.63) is 93.9 Å². The van der Waals surface area contributed by atoms with E-state index >= 15 is 0 Å². The molecule has 4 nitrogen and oxygen atoms in total. The van der Waals surface area contributed by atoms with Gasteiger partial charge in [-0.25, -0.2) is 8.42 Å². The molecular formula is C24H21NO3S2. The molecule has 1 aliphatic heterocycles. The number of thioether (sulfide) groups is 1. The molecule has 0 fully saturated rings. The van der Waals surface area contributed by atoms with Crippen molar-refractivity contribution in [3.63, 3.8) is 0 Å². The third-order valence-electron chi connectivity index (χ3n) is 5.08. The van der Waals surface area contributed by atoms with Gasteiger partial charge < -0.3 is 5.32 Å². The minimum absolute atomic E-state index is 0.0476. The molecule has 4 rings (SSSR count). The maximum atomic E-state index is 13.1. The second kappa shape index (κ2) is 8.13. The van der Waals surface area contributed by atoms with Crippen LogP contribution in [0.25, 0.3) is 6.08 Å². The molecule has 6 heteroatoms. The summed E-state index contributed by atoms with van der Waals surface area (Å²) < 4.78 is 26.2. The second-order valence-electron chi connectivity index (χ2n) is 7.26. The van der Waals surface area contributed by atoms with E-state index in [1.54, 1.807) is 24.3 Å². The van der Waals surface area contributed by atoms with Gasteiger partial charge in [0.05, 0.1) is 21.2 Å². The first kappa shape index (κ1) is 20.4. The smallest absolute Gasteiger partial charge is 0.262 e. The van der Waals surface area contributed by atoms with Crippen LogP contribution in [0.1, 0.15) is 22.3 Å². The zero-order valence-corrected chi connectivity index (χ0v) is 18.3. The first-order valence-electron chi connectivity index (χ1n) is 9.51. The standard InChI is InChI=1S/C24H21NO3S2/c1-16-7-6-8-17(2)20(16)15-30(27,28)19-11-12-21-22(14-19)29-23(24(26)25-21)13-18-9-4-3-5-10-18/h3-14H,15H2,1-2H3,(H,25,26)/b23-13-. The Kier molecular flexibility index (Phi) is 5.54. The van der Waals surface area contributed by atoms with E-state index in [1.165, 1.54) is 11.8 Å². The molecule has 1 N–H and O–H groups in total. The van der Waals surface area contributed by atoms with Crippen LogP contribution in [0.5, 0.6) is 0 Å². The highest BCUT2D eigenvalue weighted by Gasteiger charge is 2.24. The number of nitrogens with one attached hydrogen (secondary N) is 1. The monoisotopic (exact) mass is 435 g/mol. The van der Waals surface area contributed by atoms with Crippen molar-refractivity contribution in [2.24, 2.45) is 0 Å². The Morgan fingerprint density at radius 3 is 2.33 bits per heavy atom. The van der Waals surface area contributed by atoms with Gasteiger partial charge in [-0.15, -0.1) is 0 Å². The molecule has 0 spiro atoms. The van der Waals surface area contributed by atoms with Gasteiger partial charge in [-0.3, -0.25) is 4.79 Å². The molecule has 0 saturated heterocycles. The van der Waals surface area contributed by atoms with E-state index in [1.807, 2.05) is 62.4 Å². The Hall–Kier alpha value is -2.83. The van der Waals surface area contributed by atoms with Gasteiger partial charge in [0.25, 0.3) is 5.91 Å². The molecule has 3 aromatic rings. The number of hydrogen-bond acceptors (Lipinski definition) is 4. The van der Waals surface area contributed by atoms with E-state index in [4.69, 9.17) is 0 Å². The van der Waals surface area contributed by atoms with E-state index in [2.05, 4.69) is 5.32 Å². The summed E-state index contributed by atoms with van der Waals surface area (Å²) in [7, 11) is -3.53. The Balaban J connectivity index is 1.66. The van der Waals surface area contributed by atoms with Crippen LogP contribution in [0, 0.1) is 13.8 Å². The summed E-state index contributed by atoms with van der Waals surface area (Å²) in [5.41, 5.74) is 4.30. The van der Waals surface area contributed by atoms with Crippen LogP contribution in [-0.4, -0.2) is 14.3 Å². The van der Waals surface area contributed by atoms with Crippen LogP contribution in [0.4, 0.5) is 5.69 Å². The lowest BCUT2D eigenvalue weighted by molar-refractivity contribution is -0.112.